The first-order chi connectivity index (χ1) is 12.3. The number of hydrogen-bond acceptors (Lipinski definition) is 4. The van der Waals surface area contributed by atoms with E-state index < -0.39 is 5.97 Å². The van der Waals surface area contributed by atoms with Crippen LogP contribution in [0.3, 0.4) is 0 Å². The standard InChI is InChI=1S/C21H16N2O2/c22-14-16-10-12-17(13-11-16)15-25-21(24)19-8-4-5-9-20(19)23-18-6-2-1-3-7-18/h1-13,23H,15H2. The molecule has 0 heterocycles. The fourth-order valence-corrected chi connectivity index (χ4v) is 2.35. The van der Waals surface area contributed by atoms with Crippen LogP contribution in [0.25, 0.3) is 0 Å². The lowest BCUT2D eigenvalue weighted by Gasteiger charge is -2.12. The summed E-state index contributed by atoms with van der Waals surface area (Å²) in [4.78, 5) is 12.4. The summed E-state index contributed by atoms with van der Waals surface area (Å²) < 4.78 is 5.40. The van der Waals surface area contributed by atoms with Crippen LogP contribution in [0.1, 0.15) is 21.5 Å². The van der Waals surface area contributed by atoms with E-state index in [1.54, 1.807) is 36.4 Å². The molecule has 3 aromatic carbocycles. The van der Waals surface area contributed by atoms with Crippen LogP contribution in [-0.4, -0.2) is 5.97 Å². The molecule has 4 heteroatoms. The van der Waals surface area contributed by atoms with E-state index in [1.807, 2.05) is 42.5 Å². The van der Waals surface area contributed by atoms with Gasteiger partial charge in [-0.2, -0.15) is 5.26 Å². The number of benzene rings is 3. The van der Waals surface area contributed by atoms with Gasteiger partial charge in [-0.25, -0.2) is 4.79 Å². The molecule has 0 atom stereocenters. The summed E-state index contributed by atoms with van der Waals surface area (Å²) in [6.45, 7) is 0.157. The van der Waals surface area contributed by atoms with E-state index in [1.165, 1.54) is 0 Å². The van der Waals surface area contributed by atoms with Crippen LogP contribution in [0.15, 0.2) is 78.9 Å². The van der Waals surface area contributed by atoms with Crippen molar-refractivity contribution >= 4 is 17.3 Å². The van der Waals surface area contributed by atoms with Gasteiger partial charge < -0.3 is 10.1 Å². The predicted molar refractivity (Wildman–Crippen MR) is 96.4 cm³/mol. The van der Waals surface area contributed by atoms with Gasteiger partial charge in [-0.05, 0) is 42.0 Å². The quantitative estimate of drug-likeness (QED) is 0.692. The molecule has 25 heavy (non-hydrogen) atoms. The zero-order valence-corrected chi connectivity index (χ0v) is 13.5. The van der Waals surface area contributed by atoms with Gasteiger partial charge in [0.2, 0.25) is 0 Å². The van der Waals surface area contributed by atoms with Gasteiger partial charge in [0.1, 0.15) is 6.61 Å². The smallest absolute Gasteiger partial charge is 0.340 e. The van der Waals surface area contributed by atoms with Crippen molar-refractivity contribution in [3.8, 4) is 6.07 Å². The fraction of sp³-hybridized carbons (Fsp3) is 0.0476. The Balaban J connectivity index is 1.70. The first-order valence-corrected chi connectivity index (χ1v) is 7.83. The van der Waals surface area contributed by atoms with Gasteiger partial charge >= 0.3 is 5.97 Å². The van der Waals surface area contributed by atoms with Crippen molar-refractivity contribution in [2.24, 2.45) is 0 Å². The Morgan fingerprint density at radius 2 is 1.60 bits per heavy atom. The molecule has 0 bridgehead atoms. The largest absolute Gasteiger partial charge is 0.457 e. The van der Waals surface area contributed by atoms with Gasteiger partial charge in [0.25, 0.3) is 0 Å². The second-order valence-corrected chi connectivity index (χ2v) is 5.42. The number of anilines is 2. The van der Waals surface area contributed by atoms with Gasteiger partial charge in [0.05, 0.1) is 22.9 Å². The van der Waals surface area contributed by atoms with Crippen molar-refractivity contribution < 1.29 is 9.53 Å². The molecule has 4 nitrogen and oxygen atoms in total. The summed E-state index contributed by atoms with van der Waals surface area (Å²) in [5.74, 6) is -0.400. The highest BCUT2D eigenvalue weighted by molar-refractivity contribution is 5.96. The van der Waals surface area contributed by atoms with E-state index in [2.05, 4.69) is 11.4 Å². The van der Waals surface area contributed by atoms with Crippen LogP contribution in [0.2, 0.25) is 0 Å². The van der Waals surface area contributed by atoms with E-state index >= 15 is 0 Å². The highest BCUT2D eigenvalue weighted by Crippen LogP contribution is 2.21. The van der Waals surface area contributed by atoms with Crippen molar-refractivity contribution in [3.05, 3.63) is 95.6 Å². The lowest BCUT2D eigenvalue weighted by atomic mass is 10.1. The summed E-state index contributed by atoms with van der Waals surface area (Å²) >= 11 is 0. The molecule has 0 saturated heterocycles. The van der Waals surface area contributed by atoms with Crippen LogP contribution in [0.4, 0.5) is 11.4 Å². The molecule has 0 radical (unpaired) electrons. The van der Waals surface area contributed by atoms with Crippen molar-refractivity contribution in [3.63, 3.8) is 0 Å². The number of ether oxygens (including phenoxy) is 1. The summed E-state index contributed by atoms with van der Waals surface area (Å²) in [5, 5.41) is 12.0. The second kappa shape index (κ2) is 7.80. The SMILES string of the molecule is N#Cc1ccc(COC(=O)c2ccccc2Nc2ccccc2)cc1. The van der Waals surface area contributed by atoms with Crippen molar-refractivity contribution in [2.45, 2.75) is 6.61 Å². The van der Waals surface area contributed by atoms with Crippen LogP contribution < -0.4 is 5.32 Å². The van der Waals surface area contributed by atoms with Gasteiger partial charge in [-0.1, -0.05) is 42.5 Å². The van der Waals surface area contributed by atoms with Gasteiger partial charge in [0.15, 0.2) is 0 Å². The molecular weight excluding hydrogens is 312 g/mol. The normalized spacial score (nSPS) is 9.88. The molecule has 0 spiro atoms. The Kier molecular flexibility index (Phi) is 5.08. The maximum atomic E-state index is 12.4. The Morgan fingerprint density at radius 3 is 2.32 bits per heavy atom. The Hall–Kier alpha value is -3.58. The number of nitrogens with zero attached hydrogens (tertiary/aromatic N) is 1. The Morgan fingerprint density at radius 1 is 0.920 bits per heavy atom. The molecule has 0 saturated carbocycles. The van der Waals surface area contributed by atoms with Crippen molar-refractivity contribution in [1.29, 1.82) is 5.26 Å². The number of hydrogen-bond donors (Lipinski definition) is 1. The molecule has 0 aliphatic carbocycles. The summed E-state index contributed by atoms with van der Waals surface area (Å²) in [6, 6.07) is 25.9. The molecule has 3 rings (SSSR count). The number of carbonyl (C=O) groups excluding carboxylic acids is 1. The van der Waals surface area contributed by atoms with Crippen LogP contribution in [0.5, 0.6) is 0 Å². The van der Waals surface area contributed by atoms with Gasteiger partial charge in [-0.3, -0.25) is 0 Å². The molecule has 3 aromatic rings. The van der Waals surface area contributed by atoms with Crippen LogP contribution in [0, 0.1) is 11.3 Å². The lowest BCUT2D eigenvalue weighted by molar-refractivity contribution is 0.0474. The minimum Gasteiger partial charge on any atom is -0.457 e. The van der Waals surface area contributed by atoms with E-state index in [-0.39, 0.29) is 6.61 Å². The Labute approximate surface area is 146 Å². The third kappa shape index (κ3) is 4.24. The van der Waals surface area contributed by atoms with Gasteiger partial charge in [-0.15, -0.1) is 0 Å². The van der Waals surface area contributed by atoms with E-state index in [0.717, 1.165) is 11.3 Å². The monoisotopic (exact) mass is 328 g/mol. The molecule has 0 unspecified atom stereocenters. The maximum Gasteiger partial charge on any atom is 0.340 e. The molecular formula is C21H16N2O2. The number of rotatable bonds is 5. The maximum absolute atomic E-state index is 12.4. The van der Waals surface area contributed by atoms with Gasteiger partial charge in [0, 0.05) is 5.69 Å². The topological polar surface area (TPSA) is 62.1 Å². The van der Waals surface area contributed by atoms with E-state index in [4.69, 9.17) is 10.00 Å². The highest BCUT2D eigenvalue weighted by Gasteiger charge is 2.12. The molecule has 1 N–H and O–H groups in total. The van der Waals surface area contributed by atoms with Crippen LogP contribution in [-0.2, 0) is 11.3 Å². The molecule has 0 aromatic heterocycles. The predicted octanol–water partition coefficient (Wildman–Crippen LogP) is 4.66. The number of esters is 1. The zero-order chi connectivity index (χ0) is 17.5. The molecule has 0 fully saturated rings. The second-order valence-electron chi connectivity index (χ2n) is 5.42. The van der Waals surface area contributed by atoms with Crippen molar-refractivity contribution in [2.75, 3.05) is 5.32 Å². The first kappa shape index (κ1) is 16.3. The minimum absolute atomic E-state index is 0.157. The van der Waals surface area contributed by atoms with Crippen molar-refractivity contribution in [1.82, 2.24) is 0 Å². The third-order valence-corrected chi connectivity index (χ3v) is 3.65. The third-order valence-electron chi connectivity index (χ3n) is 3.65. The average molecular weight is 328 g/mol. The fourth-order valence-electron chi connectivity index (χ4n) is 2.35. The Bertz CT molecular complexity index is 897. The molecule has 0 aliphatic rings. The van der Waals surface area contributed by atoms with E-state index in [9.17, 15) is 4.79 Å². The zero-order valence-electron chi connectivity index (χ0n) is 13.5. The first-order valence-electron chi connectivity index (χ1n) is 7.83. The van der Waals surface area contributed by atoms with E-state index in [0.29, 0.717) is 16.8 Å². The number of para-hydroxylation sites is 2. The average Bonchev–Trinajstić information content (AvgIpc) is 2.68. The summed E-state index contributed by atoms with van der Waals surface area (Å²) in [6.07, 6.45) is 0. The number of carbonyl (C=O) groups is 1. The molecule has 0 amide bonds. The number of nitrogens with one attached hydrogen (secondary N) is 1. The number of nitriles is 1. The highest BCUT2D eigenvalue weighted by atomic mass is 16.5. The molecule has 122 valence electrons. The minimum atomic E-state index is -0.400. The summed E-state index contributed by atoms with van der Waals surface area (Å²) in [5.41, 5.74) is 3.47. The van der Waals surface area contributed by atoms with Crippen LogP contribution >= 0.6 is 0 Å². The lowest BCUT2D eigenvalue weighted by Crippen LogP contribution is -2.08. The summed E-state index contributed by atoms with van der Waals surface area (Å²) in [7, 11) is 0. The molecule has 0 aliphatic heterocycles.